The Morgan fingerprint density at radius 2 is 2.16 bits per heavy atom. The molecule has 0 aliphatic rings. The maximum atomic E-state index is 12.2. The molecule has 3 N–H and O–H groups in total. The number of rotatable bonds is 5. The molecule has 2 aromatic heterocycles. The summed E-state index contributed by atoms with van der Waals surface area (Å²) in [6.07, 6.45) is 6.06. The Labute approximate surface area is 148 Å². The van der Waals surface area contributed by atoms with Crippen LogP contribution in [0.25, 0.3) is 0 Å². The van der Waals surface area contributed by atoms with Crippen molar-refractivity contribution in [2.45, 2.75) is 6.54 Å². The van der Waals surface area contributed by atoms with Crippen LogP contribution in [0.3, 0.4) is 0 Å². The second-order valence-corrected chi connectivity index (χ2v) is 5.55. The minimum absolute atomic E-state index is 0.0668. The van der Waals surface area contributed by atoms with Crippen molar-refractivity contribution in [1.29, 1.82) is 0 Å². The molecule has 1 amide bonds. The number of hydrogen-bond acceptors (Lipinski definition) is 6. The maximum absolute atomic E-state index is 12.2. The van der Waals surface area contributed by atoms with Gasteiger partial charge in [-0.1, -0.05) is 17.7 Å². The SMILES string of the molecule is COc1ccc(Cn2cc(NC(=O)c3nccnc3N)cn2)cc1Cl. The molecule has 9 heteroatoms. The molecule has 0 atom stereocenters. The van der Waals surface area contributed by atoms with Gasteiger partial charge in [0.1, 0.15) is 5.75 Å². The molecule has 0 aliphatic heterocycles. The van der Waals surface area contributed by atoms with Gasteiger partial charge in [0.15, 0.2) is 11.5 Å². The maximum Gasteiger partial charge on any atom is 0.278 e. The zero-order valence-electron chi connectivity index (χ0n) is 13.3. The number of ether oxygens (including phenoxy) is 1. The second-order valence-electron chi connectivity index (χ2n) is 5.14. The van der Waals surface area contributed by atoms with Gasteiger partial charge in [0.05, 0.1) is 30.6 Å². The molecule has 1 aromatic carbocycles. The van der Waals surface area contributed by atoms with Gasteiger partial charge in [0.25, 0.3) is 5.91 Å². The number of nitrogen functional groups attached to an aromatic ring is 1. The van der Waals surface area contributed by atoms with Gasteiger partial charge in [-0.3, -0.25) is 9.48 Å². The fourth-order valence-corrected chi connectivity index (χ4v) is 2.50. The first-order valence-corrected chi connectivity index (χ1v) is 7.67. The lowest BCUT2D eigenvalue weighted by molar-refractivity contribution is 0.102. The lowest BCUT2D eigenvalue weighted by atomic mass is 10.2. The van der Waals surface area contributed by atoms with Gasteiger partial charge < -0.3 is 15.8 Å². The van der Waals surface area contributed by atoms with Crippen LogP contribution < -0.4 is 15.8 Å². The Kier molecular flexibility index (Phi) is 4.80. The molecule has 0 fully saturated rings. The molecular weight excluding hydrogens is 344 g/mol. The fraction of sp³-hybridized carbons (Fsp3) is 0.125. The zero-order chi connectivity index (χ0) is 17.8. The first-order valence-electron chi connectivity index (χ1n) is 7.29. The van der Waals surface area contributed by atoms with E-state index in [1.54, 1.807) is 30.1 Å². The third-order valence-corrected chi connectivity index (χ3v) is 3.69. The molecule has 2 heterocycles. The smallest absolute Gasteiger partial charge is 0.278 e. The van der Waals surface area contributed by atoms with E-state index in [-0.39, 0.29) is 11.5 Å². The lowest BCUT2D eigenvalue weighted by Gasteiger charge is -2.06. The Bertz CT molecular complexity index is 911. The molecule has 0 spiro atoms. The Morgan fingerprint density at radius 3 is 2.88 bits per heavy atom. The topological polar surface area (TPSA) is 108 Å². The van der Waals surface area contributed by atoms with Crippen LogP contribution in [0.5, 0.6) is 5.75 Å². The minimum Gasteiger partial charge on any atom is -0.495 e. The number of hydrogen-bond donors (Lipinski definition) is 2. The van der Waals surface area contributed by atoms with Crippen LogP contribution >= 0.6 is 11.6 Å². The zero-order valence-corrected chi connectivity index (χ0v) is 14.1. The number of nitrogens with two attached hydrogens (primary N) is 1. The van der Waals surface area contributed by atoms with Crippen LogP contribution in [0.15, 0.2) is 43.0 Å². The fourth-order valence-electron chi connectivity index (χ4n) is 2.22. The van der Waals surface area contributed by atoms with Crippen molar-refractivity contribution in [1.82, 2.24) is 19.7 Å². The molecule has 0 aliphatic carbocycles. The highest BCUT2D eigenvalue weighted by atomic mass is 35.5. The van der Waals surface area contributed by atoms with E-state index in [1.165, 1.54) is 18.6 Å². The van der Waals surface area contributed by atoms with Crippen molar-refractivity contribution in [2.24, 2.45) is 0 Å². The summed E-state index contributed by atoms with van der Waals surface area (Å²) in [6, 6.07) is 5.49. The van der Waals surface area contributed by atoms with Crippen LogP contribution in [0.4, 0.5) is 11.5 Å². The molecule has 0 saturated carbocycles. The monoisotopic (exact) mass is 358 g/mol. The average Bonchev–Trinajstić information content (AvgIpc) is 3.02. The molecule has 0 bridgehead atoms. The summed E-state index contributed by atoms with van der Waals surface area (Å²) in [4.78, 5) is 19.9. The Morgan fingerprint density at radius 1 is 1.36 bits per heavy atom. The number of carbonyl (C=O) groups is 1. The van der Waals surface area contributed by atoms with Crippen LogP contribution in [0.2, 0.25) is 5.02 Å². The number of nitrogens with one attached hydrogen (secondary N) is 1. The van der Waals surface area contributed by atoms with Crippen molar-refractivity contribution >= 4 is 29.0 Å². The molecule has 3 rings (SSSR count). The highest BCUT2D eigenvalue weighted by molar-refractivity contribution is 6.32. The molecule has 0 unspecified atom stereocenters. The van der Waals surface area contributed by atoms with E-state index < -0.39 is 5.91 Å². The Hall–Kier alpha value is -3.13. The van der Waals surface area contributed by atoms with Gasteiger partial charge in [0.2, 0.25) is 0 Å². The number of amides is 1. The molecule has 8 nitrogen and oxygen atoms in total. The van der Waals surface area contributed by atoms with E-state index in [0.29, 0.717) is 23.0 Å². The number of aromatic nitrogens is 4. The number of halogens is 1. The molecule has 25 heavy (non-hydrogen) atoms. The number of nitrogens with zero attached hydrogens (tertiary/aromatic N) is 4. The Balaban J connectivity index is 1.69. The van der Waals surface area contributed by atoms with E-state index in [2.05, 4.69) is 20.4 Å². The summed E-state index contributed by atoms with van der Waals surface area (Å²) in [5.74, 6) is 0.235. The molecule has 3 aromatic rings. The van der Waals surface area contributed by atoms with E-state index in [0.717, 1.165) is 5.56 Å². The molecular formula is C16H15ClN6O2. The van der Waals surface area contributed by atoms with Gasteiger partial charge in [-0.2, -0.15) is 5.10 Å². The predicted molar refractivity (Wildman–Crippen MR) is 93.7 cm³/mol. The molecule has 128 valence electrons. The van der Waals surface area contributed by atoms with E-state index in [1.807, 2.05) is 6.07 Å². The van der Waals surface area contributed by atoms with Gasteiger partial charge in [-0.25, -0.2) is 9.97 Å². The summed E-state index contributed by atoms with van der Waals surface area (Å²) in [5, 5.41) is 7.42. The van der Waals surface area contributed by atoms with Crippen LogP contribution in [-0.4, -0.2) is 32.8 Å². The molecule has 0 saturated heterocycles. The standard InChI is InChI=1S/C16H15ClN6O2/c1-25-13-3-2-10(6-12(13)17)8-23-9-11(7-21-23)22-16(24)14-15(18)20-5-4-19-14/h2-7,9H,8H2,1H3,(H2,18,20)(H,22,24). The van der Waals surface area contributed by atoms with Gasteiger partial charge in [-0.15, -0.1) is 0 Å². The van der Waals surface area contributed by atoms with Gasteiger partial charge in [0, 0.05) is 18.6 Å². The largest absolute Gasteiger partial charge is 0.495 e. The summed E-state index contributed by atoms with van der Waals surface area (Å²) in [5.41, 5.74) is 7.18. The van der Waals surface area contributed by atoms with Crippen LogP contribution in [-0.2, 0) is 6.54 Å². The number of methoxy groups -OCH3 is 1. The van der Waals surface area contributed by atoms with Crippen molar-refractivity contribution in [3.63, 3.8) is 0 Å². The molecule has 0 radical (unpaired) electrons. The first kappa shape index (κ1) is 16.7. The lowest BCUT2D eigenvalue weighted by Crippen LogP contribution is -2.16. The third kappa shape index (κ3) is 3.86. The van der Waals surface area contributed by atoms with E-state index in [4.69, 9.17) is 22.1 Å². The van der Waals surface area contributed by atoms with Gasteiger partial charge in [-0.05, 0) is 17.7 Å². The highest BCUT2D eigenvalue weighted by Crippen LogP contribution is 2.25. The second kappa shape index (κ2) is 7.18. The quantitative estimate of drug-likeness (QED) is 0.724. The number of benzene rings is 1. The van der Waals surface area contributed by atoms with Gasteiger partial charge >= 0.3 is 0 Å². The van der Waals surface area contributed by atoms with Crippen molar-refractivity contribution in [2.75, 3.05) is 18.2 Å². The van der Waals surface area contributed by atoms with E-state index in [9.17, 15) is 4.79 Å². The summed E-state index contributed by atoms with van der Waals surface area (Å²) in [7, 11) is 1.56. The summed E-state index contributed by atoms with van der Waals surface area (Å²) >= 11 is 6.12. The average molecular weight is 359 g/mol. The first-order chi connectivity index (χ1) is 12.1. The highest BCUT2D eigenvalue weighted by Gasteiger charge is 2.13. The predicted octanol–water partition coefficient (Wildman–Crippen LogP) is 2.22. The van der Waals surface area contributed by atoms with Crippen LogP contribution in [0, 0.1) is 0 Å². The van der Waals surface area contributed by atoms with Crippen molar-refractivity contribution < 1.29 is 9.53 Å². The normalized spacial score (nSPS) is 10.5. The van der Waals surface area contributed by atoms with E-state index >= 15 is 0 Å². The summed E-state index contributed by atoms with van der Waals surface area (Å²) in [6.45, 7) is 0.493. The summed E-state index contributed by atoms with van der Waals surface area (Å²) < 4.78 is 6.80. The van der Waals surface area contributed by atoms with Crippen molar-refractivity contribution in [3.8, 4) is 5.75 Å². The van der Waals surface area contributed by atoms with Crippen molar-refractivity contribution in [3.05, 3.63) is 59.3 Å². The number of anilines is 2. The van der Waals surface area contributed by atoms with Crippen LogP contribution in [0.1, 0.15) is 16.1 Å². The third-order valence-electron chi connectivity index (χ3n) is 3.39. The number of carbonyl (C=O) groups excluding carboxylic acids is 1. The minimum atomic E-state index is -0.447.